The van der Waals surface area contributed by atoms with Crippen molar-refractivity contribution in [1.82, 2.24) is 5.32 Å². The molecule has 0 radical (unpaired) electrons. The van der Waals surface area contributed by atoms with Crippen LogP contribution in [0.15, 0.2) is 34.7 Å². The molecule has 0 bridgehead atoms. The number of aromatic carboxylic acids is 1. The van der Waals surface area contributed by atoms with Crippen molar-refractivity contribution in [3.63, 3.8) is 0 Å². The number of hydrogen-bond acceptors (Lipinski definition) is 4. The summed E-state index contributed by atoms with van der Waals surface area (Å²) in [5, 5.41) is 11.8. The van der Waals surface area contributed by atoms with E-state index >= 15 is 0 Å². The van der Waals surface area contributed by atoms with E-state index in [1.807, 2.05) is 25.1 Å². The molecular formula is C19H21NO5. The molecule has 1 amide bonds. The largest absolute Gasteiger partial charge is 0.475 e. The topological polar surface area (TPSA) is 88.8 Å². The SMILES string of the molecule is CCC1(CNC(=O)c2oc(C(=O)O)cc2C)OCCc2ccccc21. The summed E-state index contributed by atoms with van der Waals surface area (Å²) in [6.45, 7) is 4.56. The predicted molar refractivity (Wildman–Crippen MR) is 90.8 cm³/mol. The van der Waals surface area contributed by atoms with Crippen LogP contribution in [0.2, 0.25) is 0 Å². The number of carbonyl (C=O) groups is 2. The molecule has 3 rings (SSSR count). The maximum atomic E-state index is 12.5. The highest BCUT2D eigenvalue weighted by Crippen LogP contribution is 2.35. The minimum absolute atomic E-state index is 0.0211. The van der Waals surface area contributed by atoms with Crippen molar-refractivity contribution in [3.05, 3.63) is 58.5 Å². The number of carbonyl (C=O) groups excluding carboxylic acids is 1. The van der Waals surface area contributed by atoms with E-state index in [1.54, 1.807) is 6.92 Å². The first kappa shape index (κ1) is 17.2. The van der Waals surface area contributed by atoms with Gasteiger partial charge >= 0.3 is 5.97 Å². The molecule has 0 aliphatic carbocycles. The van der Waals surface area contributed by atoms with Gasteiger partial charge in [0.1, 0.15) is 5.60 Å². The number of aryl methyl sites for hydroxylation is 1. The summed E-state index contributed by atoms with van der Waals surface area (Å²) < 4.78 is 11.2. The fraction of sp³-hybridized carbons (Fsp3) is 0.368. The second-order valence-electron chi connectivity index (χ2n) is 6.21. The molecule has 2 N–H and O–H groups in total. The molecule has 6 nitrogen and oxygen atoms in total. The molecule has 6 heteroatoms. The summed E-state index contributed by atoms with van der Waals surface area (Å²) in [7, 11) is 0. The average Bonchev–Trinajstić information content (AvgIpc) is 3.02. The second kappa shape index (κ2) is 6.72. The summed E-state index contributed by atoms with van der Waals surface area (Å²) >= 11 is 0. The zero-order valence-corrected chi connectivity index (χ0v) is 14.3. The number of ether oxygens (including phenoxy) is 1. The fourth-order valence-corrected chi connectivity index (χ4v) is 3.30. The lowest BCUT2D eigenvalue weighted by atomic mass is 9.84. The van der Waals surface area contributed by atoms with Gasteiger partial charge in [-0.05, 0) is 37.0 Å². The van der Waals surface area contributed by atoms with E-state index < -0.39 is 17.5 Å². The smallest absolute Gasteiger partial charge is 0.371 e. The molecule has 1 aliphatic rings. The van der Waals surface area contributed by atoms with Crippen LogP contribution in [-0.2, 0) is 16.8 Å². The van der Waals surface area contributed by atoms with E-state index in [4.69, 9.17) is 14.3 Å². The van der Waals surface area contributed by atoms with Gasteiger partial charge in [0.25, 0.3) is 5.91 Å². The molecule has 0 spiro atoms. The Bertz CT molecular complexity index is 810. The van der Waals surface area contributed by atoms with Crippen molar-refractivity contribution in [1.29, 1.82) is 0 Å². The average molecular weight is 343 g/mol. The number of amides is 1. The molecule has 0 fully saturated rings. The fourth-order valence-electron chi connectivity index (χ4n) is 3.30. The maximum Gasteiger partial charge on any atom is 0.371 e. The number of hydrogen-bond donors (Lipinski definition) is 2. The van der Waals surface area contributed by atoms with E-state index in [-0.39, 0.29) is 11.5 Å². The monoisotopic (exact) mass is 343 g/mol. The summed E-state index contributed by atoms with van der Waals surface area (Å²) in [5.74, 6) is -1.86. The van der Waals surface area contributed by atoms with E-state index in [2.05, 4.69) is 11.4 Å². The Hall–Kier alpha value is -2.60. The number of carboxylic acids is 1. The molecule has 1 unspecified atom stereocenters. The van der Waals surface area contributed by atoms with Crippen LogP contribution in [0.25, 0.3) is 0 Å². The van der Waals surface area contributed by atoms with Crippen molar-refractivity contribution in [2.75, 3.05) is 13.2 Å². The van der Waals surface area contributed by atoms with Crippen LogP contribution in [0, 0.1) is 6.92 Å². The van der Waals surface area contributed by atoms with Gasteiger partial charge in [0, 0.05) is 5.56 Å². The van der Waals surface area contributed by atoms with Crippen LogP contribution in [0.1, 0.15) is 51.1 Å². The Balaban J connectivity index is 1.80. The molecule has 25 heavy (non-hydrogen) atoms. The first-order chi connectivity index (χ1) is 12.0. The van der Waals surface area contributed by atoms with Crippen LogP contribution in [0.5, 0.6) is 0 Å². The van der Waals surface area contributed by atoms with Crippen molar-refractivity contribution >= 4 is 11.9 Å². The van der Waals surface area contributed by atoms with Gasteiger partial charge in [-0.3, -0.25) is 4.79 Å². The Morgan fingerprint density at radius 3 is 2.76 bits per heavy atom. The van der Waals surface area contributed by atoms with Crippen LogP contribution < -0.4 is 5.32 Å². The highest BCUT2D eigenvalue weighted by atomic mass is 16.5. The predicted octanol–water partition coefficient (Wildman–Crippen LogP) is 2.89. The van der Waals surface area contributed by atoms with Gasteiger partial charge in [-0.2, -0.15) is 0 Å². The van der Waals surface area contributed by atoms with Gasteiger partial charge in [-0.25, -0.2) is 4.79 Å². The molecule has 2 heterocycles. The lowest BCUT2D eigenvalue weighted by Crippen LogP contribution is -2.45. The maximum absolute atomic E-state index is 12.5. The van der Waals surface area contributed by atoms with Gasteiger partial charge in [0.05, 0.1) is 13.2 Å². The van der Waals surface area contributed by atoms with Gasteiger partial charge in [0.15, 0.2) is 5.76 Å². The Kier molecular flexibility index (Phi) is 4.63. The van der Waals surface area contributed by atoms with Gasteiger partial charge < -0.3 is 19.6 Å². The summed E-state index contributed by atoms with van der Waals surface area (Å²) in [4.78, 5) is 23.4. The molecule has 132 valence electrons. The number of benzene rings is 1. The first-order valence-electron chi connectivity index (χ1n) is 8.31. The van der Waals surface area contributed by atoms with Crippen LogP contribution in [0.4, 0.5) is 0 Å². The van der Waals surface area contributed by atoms with E-state index in [0.717, 1.165) is 12.0 Å². The van der Waals surface area contributed by atoms with Crippen LogP contribution in [-0.4, -0.2) is 30.1 Å². The van der Waals surface area contributed by atoms with E-state index in [1.165, 1.54) is 11.6 Å². The third-order valence-electron chi connectivity index (χ3n) is 4.70. The summed E-state index contributed by atoms with van der Waals surface area (Å²) in [5.41, 5.74) is 2.23. The zero-order valence-electron chi connectivity index (χ0n) is 14.3. The molecule has 2 aromatic rings. The van der Waals surface area contributed by atoms with Crippen molar-refractivity contribution in [3.8, 4) is 0 Å². The summed E-state index contributed by atoms with van der Waals surface area (Å²) in [6, 6.07) is 9.43. The standard InChI is InChI=1S/C19H21NO5/c1-3-19(14-7-5-4-6-13(14)8-9-24-19)11-20-17(21)16-12(2)10-15(25-16)18(22)23/h4-7,10H,3,8-9,11H2,1-2H3,(H,20,21)(H,22,23). The quantitative estimate of drug-likeness (QED) is 0.871. The second-order valence-corrected chi connectivity index (χ2v) is 6.21. The Morgan fingerprint density at radius 2 is 2.08 bits per heavy atom. The highest BCUT2D eigenvalue weighted by Gasteiger charge is 2.36. The molecule has 1 aliphatic heterocycles. The number of carboxylic acid groups (broad SMARTS) is 1. The molecule has 0 saturated carbocycles. The molecule has 1 atom stereocenters. The van der Waals surface area contributed by atoms with Gasteiger partial charge in [-0.15, -0.1) is 0 Å². The van der Waals surface area contributed by atoms with Gasteiger partial charge in [0.2, 0.25) is 5.76 Å². The summed E-state index contributed by atoms with van der Waals surface area (Å²) in [6.07, 6.45) is 1.56. The molecule has 1 aromatic carbocycles. The lowest BCUT2D eigenvalue weighted by Gasteiger charge is -2.38. The van der Waals surface area contributed by atoms with Crippen molar-refractivity contribution in [2.45, 2.75) is 32.3 Å². The third-order valence-corrected chi connectivity index (χ3v) is 4.70. The lowest BCUT2D eigenvalue weighted by molar-refractivity contribution is -0.0607. The number of fused-ring (bicyclic) bond motifs is 1. The first-order valence-corrected chi connectivity index (χ1v) is 8.31. The molecular weight excluding hydrogens is 322 g/mol. The highest BCUT2D eigenvalue weighted by molar-refractivity contribution is 5.95. The zero-order chi connectivity index (χ0) is 18.0. The van der Waals surface area contributed by atoms with Crippen LogP contribution >= 0.6 is 0 Å². The van der Waals surface area contributed by atoms with Crippen molar-refractivity contribution in [2.24, 2.45) is 0 Å². The molecule has 0 saturated heterocycles. The normalized spacial score (nSPS) is 19.3. The Labute approximate surface area is 145 Å². The third kappa shape index (κ3) is 3.17. The van der Waals surface area contributed by atoms with Crippen molar-refractivity contribution < 1.29 is 23.8 Å². The van der Waals surface area contributed by atoms with Gasteiger partial charge in [-0.1, -0.05) is 31.2 Å². The van der Waals surface area contributed by atoms with Crippen LogP contribution in [0.3, 0.4) is 0 Å². The number of nitrogens with one attached hydrogen (secondary N) is 1. The number of rotatable bonds is 5. The minimum Gasteiger partial charge on any atom is -0.475 e. The number of furan rings is 1. The van der Waals surface area contributed by atoms with E-state index in [0.29, 0.717) is 25.1 Å². The Morgan fingerprint density at radius 1 is 1.32 bits per heavy atom. The minimum atomic E-state index is -1.20. The van der Waals surface area contributed by atoms with E-state index in [9.17, 15) is 9.59 Å². The molecule has 1 aromatic heterocycles.